The summed E-state index contributed by atoms with van der Waals surface area (Å²) in [5.74, 6) is 0.617. The molecule has 0 bridgehead atoms. The van der Waals surface area contributed by atoms with Gasteiger partial charge in [0.1, 0.15) is 17.0 Å². The largest absolute Gasteiger partial charge is 0.519 e. The molecule has 6 aliphatic heterocycles. The minimum atomic E-state index is -3.80. The van der Waals surface area contributed by atoms with E-state index < -0.39 is 55.2 Å². The maximum Gasteiger partial charge on any atom is 0.519 e. The van der Waals surface area contributed by atoms with Crippen molar-refractivity contribution in [3.63, 3.8) is 0 Å². The molecular formula is C86H79N11O10S3. The molecule has 4 N–H and O–H groups in total. The lowest BCUT2D eigenvalue weighted by Crippen LogP contribution is -2.44. The first-order valence-electron chi connectivity index (χ1n) is 35.2. The Kier molecular flexibility index (Phi) is 21.7. The molecule has 0 radical (unpaired) electrons. The zero-order valence-electron chi connectivity index (χ0n) is 62.1. The van der Waals surface area contributed by atoms with E-state index in [1.165, 1.54) is 20.9 Å². The van der Waals surface area contributed by atoms with Crippen molar-refractivity contribution in [2.75, 3.05) is 21.1 Å². The van der Waals surface area contributed by atoms with E-state index in [-0.39, 0.29) is 51.5 Å². The van der Waals surface area contributed by atoms with E-state index in [2.05, 4.69) is 72.8 Å². The number of fused-ring (bicyclic) bond motifs is 6. The molecule has 0 aliphatic carbocycles. The van der Waals surface area contributed by atoms with Crippen LogP contribution in [0.15, 0.2) is 248 Å². The van der Waals surface area contributed by atoms with Crippen LogP contribution in [-0.4, -0.2) is 103 Å². The highest BCUT2D eigenvalue weighted by Gasteiger charge is 2.58. The second kappa shape index (κ2) is 30.8. The highest BCUT2D eigenvalue weighted by molar-refractivity contribution is 8.00. The van der Waals surface area contributed by atoms with Crippen molar-refractivity contribution in [3.8, 4) is 33.4 Å². The molecule has 24 heteroatoms. The molecule has 0 saturated heterocycles. The van der Waals surface area contributed by atoms with Crippen LogP contribution >= 0.6 is 23.5 Å². The summed E-state index contributed by atoms with van der Waals surface area (Å²) in [4.78, 5) is 93.9. The number of aliphatic imine (C=N–C) groups is 3. The van der Waals surface area contributed by atoms with Crippen molar-refractivity contribution >= 4 is 98.2 Å². The van der Waals surface area contributed by atoms with Crippen molar-refractivity contribution in [3.05, 3.63) is 286 Å². The van der Waals surface area contributed by atoms with Crippen molar-refractivity contribution in [1.82, 2.24) is 14.7 Å². The molecule has 21 nitrogen and oxygen atoms in total. The summed E-state index contributed by atoms with van der Waals surface area (Å²) in [5.41, 5.74) is 19.5. The zero-order valence-corrected chi connectivity index (χ0v) is 64.6. The molecular weight excluding hydrogens is 1440 g/mol. The number of hydrogen-bond donors (Lipinski definition) is 2. The van der Waals surface area contributed by atoms with Crippen molar-refractivity contribution < 1.29 is 46.6 Å². The first kappa shape index (κ1) is 77.5. The van der Waals surface area contributed by atoms with E-state index in [4.69, 9.17) is 50.6 Å². The summed E-state index contributed by atoms with van der Waals surface area (Å²) >= 11 is 3.56. The van der Waals surface area contributed by atoms with Gasteiger partial charge >= 0.3 is 12.3 Å². The van der Waals surface area contributed by atoms with Crippen LogP contribution in [-0.2, 0) is 55.0 Å². The van der Waals surface area contributed by atoms with Crippen molar-refractivity contribution in [2.45, 2.75) is 126 Å². The number of sulfone groups is 1. The number of benzene rings is 9. The van der Waals surface area contributed by atoms with Crippen molar-refractivity contribution in [2.24, 2.45) is 26.4 Å². The molecule has 0 fully saturated rings. The number of nitrogens with two attached hydrogens (primary N) is 2. The topological polar surface area (TPSA) is 259 Å². The molecule has 6 heterocycles. The Labute approximate surface area is 648 Å². The van der Waals surface area contributed by atoms with Crippen molar-refractivity contribution in [1.29, 1.82) is 0 Å². The summed E-state index contributed by atoms with van der Waals surface area (Å²) < 4.78 is 41.2. The lowest BCUT2D eigenvalue weighted by Gasteiger charge is -2.36. The van der Waals surface area contributed by atoms with Crippen LogP contribution in [0, 0.1) is 19.7 Å². The van der Waals surface area contributed by atoms with Crippen LogP contribution in [0.1, 0.15) is 117 Å². The number of carbonyl (C=O) groups is 5. The van der Waals surface area contributed by atoms with Gasteiger partial charge in [0.05, 0.1) is 29.9 Å². The Morgan fingerprint density at radius 2 is 0.800 bits per heavy atom. The van der Waals surface area contributed by atoms with Gasteiger partial charge in [0.15, 0.2) is 55.4 Å². The second-order valence-corrected chi connectivity index (χ2v) is 33.6. The summed E-state index contributed by atoms with van der Waals surface area (Å²) in [6.07, 6.45) is -0.986. The number of rotatable bonds is 6. The van der Waals surface area contributed by atoms with E-state index in [1.807, 2.05) is 104 Å². The Morgan fingerprint density at radius 1 is 0.455 bits per heavy atom. The van der Waals surface area contributed by atoms with Gasteiger partial charge in [0, 0.05) is 77.4 Å². The lowest BCUT2D eigenvalue weighted by atomic mass is 9.82. The minimum absolute atomic E-state index is 0.0274. The number of thioether (sulfide) groups is 2. The minimum Gasteiger partial charge on any atom is -0.428 e. The molecule has 6 atom stereocenters. The Morgan fingerprint density at radius 3 is 1.15 bits per heavy atom. The molecule has 6 unspecified atom stereocenters. The highest BCUT2D eigenvalue weighted by Crippen LogP contribution is 2.58. The summed E-state index contributed by atoms with van der Waals surface area (Å²) in [6.45, 7) is 33.8. The molecule has 3 amide bonds. The summed E-state index contributed by atoms with van der Waals surface area (Å²) in [6, 6.07) is 69.0. The smallest absolute Gasteiger partial charge is 0.428 e. The zero-order chi connectivity index (χ0) is 78.8. The summed E-state index contributed by atoms with van der Waals surface area (Å²) in [7, 11) is 1.22. The lowest BCUT2D eigenvalue weighted by molar-refractivity contribution is -0.131. The maximum atomic E-state index is 13.7. The summed E-state index contributed by atoms with van der Waals surface area (Å²) in [5, 5.41) is -0.691. The number of amides is 3. The number of hydrogen-bond acceptors (Lipinski definition) is 17. The number of amidine groups is 1. The standard InChI is InChI=1S/C26H21N3OS.C25H20N4O3S.C25H20N4OS.C10H18O5/c1-17-28-26(25(30)29(17)3)16-24(18-8-5-4-6-9-18)31-23-13-12-20(15-22(23)26)19-10-7-11-21(14-19)27-2;1-27-19-10-6-9-17(13-19)18-11-12-21-20(14-18)25(23(30)29(2)24(26)28-25)15-22(33(21,31)32)16-7-4-3-5-8-16;1-27-19-10-6-9-17(13-19)18-11-12-21-20(14-18)25(23(30)29(2)24(26)28-25)15-22(31-21)16-7-4-3-5-8-16;1-9(2,3)14-7(11)13-8(12)15-10(4,5)6/h4-15,24H,16H2,1,3H3;3-14,22H,15H2,2H3,(H2,26,28);3-14,22H,15H2,2H3,(H2,26,28);1-6H3. The van der Waals surface area contributed by atoms with Gasteiger partial charge in [0.2, 0.25) is 0 Å². The van der Waals surface area contributed by atoms with Gasteiger partial charge in [-0.1, -0.05) is 164 Å². The van der Waals surface area contributed by atoms with Crippen LogP contribution in [0.25, 0.3) is 47.9 Å². The third-order valence-corrected chi connectivity index (χ3v) is 24.3. The van der Waals surface area contributed by atoms with Gasteiger partial charge in [-0.05, 0) is 153 Å². The fraction of sp³-hybridized carbons (Fsp3) is 0.244. The first-order chi connectivity index (χ1) is 52.3. The fourth-order valence-electron chi connectivity index (χ4n) is 14.0. The van der Waals surface area contributed by atoms with E-state index in [1.54, 1.807) is 164 Å². The highest BCUT2D eigenvalue weighted by atomic mass is 32.2. The van der Waals surface area contributed by atoms with Gasteiger partial charge in [-0.2, -0.15) is 0 Å². The van der Waals surface area contributed by atoms with Gasteiger partial charge in [-0.3, -0.25) is 29.2 Å². The monoisotopic (exact) mass is 1520 g/mol. The average Bonchev–Trinajstić information content (AvgIpc) is 1.50. The van der Waals surface area contributed by atoms with Crippen LogP contribution in [0.2, 0.25) is 0 Å². The Balaban J connectivity index is 0.000000141. The first-order valence-corrected chi connectivity index (χ1v) is 38.5. The third kappa shape index (κ3) is 15.6. The van der Waals surface area contributed by atoms with Gasteiger partial charge < -0.3 is 30.6 Å². The number of ether oxygens (including phenoxy) is 3. The maximum absolute atomic E-state index is 13.7. The van der Waals surface area contributed by atoms with E-state index in [9.17, 15) is 32.4 Å². The van der Waals surface area contributed by atoms with Crippen LogP contribution in [0.4, 0.5) is 26.7 Å². The number of carbonyl (C=O) groups excluding carboxylic acids is 5. The van der Waals surface area contributed by atoms with E-state index in [0.29, 0.717) is 46.6 Å². The Bertz CT molecular complexity index is 5290. The van der Waals surface area contributed by atoms with E-state index >= 15 is 0 Å². The van der Waals surface area contributed by atoms with Gasteiger partial charge in [0.25, 0.3) is 17.7 Å². The van der Waals surface area contributed by atoms with Gasteiger partial charge in [-0.15, -0.1) is 23.5 Å². The predicted molar refractivity (Wildman–Crippen MR) is 428 cm³/mol. The number of nitrogens with zero attached hydrogens (tertiary/aromatic N) is 9. The predicted octanol–water partition coefficient (Wildman–Crippen LogP) is 18.0. The molecule has 15 rings (SSSR count). The molecule has 9 aromatic rings. The Hall–Kier alpha value is -12.1. The molecule has 0 saturated carbocycles. The van der Waals surface area contributed by atoms with E-state index in [0.717, 1.165) is 54.6 Å². The normalized spacial score (nSPS) is 21.1. The molecule has 9 aromatic carbocycles. The molecule has 3 spiro atoms. The molecule has 110 heavy (non-hydrogen) atoms. The molecule has 6 aliphatic rings. The molecule has 0 aromatic heterocycles. The third-order valence-electron chi connectivity index (χ3n) is 19.4. The van der Waals surface area contributed by atoms with Crippen LogP contribution in [0.5, 0.6) is 0 Å². The SMILES string of the molecule is CC(C)(C)OC(=O)OC(=O)OC(C)(C)C.[C-]#[N+]c1cccc(-c2ccc3c(c2)C2(CC(c4ccccc4)S3(=O)=O)N=C(N)N(C)C2=O)c1.[C-]#[N+]c1cccc(-c2ccc3c(c2)C2(CC(c4ccccc4)S3)N=C(C)N(C)C2=O)c1.[C-]#[N+]c1cccc(-c2ccc3c(c2)C2(CC(c4ccccc4)S3)N=C(N)N(C)C2=O)c1. The fourth-order valence-corrected chi connectivity index (χ4v) is 19.0. The number of guanidine groups is 2. The molecule has 556 valence electrons. The number of likely N-dealkylation sites (N-methyl/N-ethyl adjacent to an activating group) is 3. The average molecular weight is 1520 g/mol. The second-order valence-electron chi connectivity index (χ2n) is 29.0. The van der Waals surface area contributed by atoms with Crippen LogP contribution < -0.4 is 11.5 Å². The quantitative estimate of drug-likeness (QED) is 0.0891. The van der Waals surface area contributed by atoms with Gasteiger partial charge in [-0.25, -0.2) is 42.5 Å². The van der Waals surface area contributed by atoms with Crippen LogP contribution in [0.3, 0.4) is 0 Å².